The van der Waals surface area contributed by atoms with Gasteiger partial charge in [-0.25, -0.2) is 29.9 Å². The zero-order valence-corrected chi connectivity index (χ0v) is 46.5. The van der Waals surface area contributed by atoms with Crippen molar-refractivity contribution in [1.29, 1.82) is 0 Å². The first-order valence-corrected chi connectivity index (χ1v) is 28.5. The molecular weight excluding hydrogens is 1080 g/mol. The van der Waals surface area contributed by atoms with Gasteiger partial charge in [0.2, 0.25) is 0 Å². The van der Waals surface area contributed by atoms with E-state index >= 15 is 0 Å². The smallest absolute Gasteiger partial charge is 0.164 e. The Kier molecular flexibility index (Phi) is 13.8. The molecule has 0 N–H and O–H groups in total. The standard InChI is InChI=1S/C37H24N4.C25H16BrN3.C13H10/c1-3-13-25(14-4-1)35-38-36(26-15-5-2-6-16-26)40-37(39-35)31-23-24-34(28-18-8-7-17-27(28)31)41-32-21-11-9-19-29(32)30-20-10-12-22-33(30)41;26-22-16-15-21(19-13-7-8-14-20(19)22)25-28-23(17-9-3-1-4-10-17)27-24(29-25)18-11-5-2-6-12-18;1-3-7-12-10(5-1)9-11-6-2-4-8-13(11)12/h1-24H;1-16H;1-8H,9H2. The van der Waals surface area contributed by atoms with E-state index in [9.17, 15) is 0 Å². The summed E-state index contributed by atoms with van der Waals surface area (Å²) < 4.78 is 3.42. The van der Waals surface area contributed by atoms with Crippen LogP contribution in [0.5, 0.6) is 0 Å². The summed E-state index contributed by atoms with van der Waals surface area (Å²) in [5.41, 5.74) is 15.1. The van der Waals surface area contributed by atoms with Crippen LogP contribution in [0.15, 0.2) is 296 Å². The molecule has 0 atom stereocenters. The summed E-state index contributed by atoms with van der Waals surface area (Å²) in [5, 5.41) is 6.96. The molecule has 0 aliphatic heterocycles. The van der Waals surface area contributed by atoms with E-state index in [2.05, 4.69) is 172 Å². The van der Waals surface area contributed by atoms with Crippen LogP contribution >= 0.6 is 15.9 Å². The van der Waals surface area contributed by atoms with Gasteiger partial charge in [0.25, 0.3) is 0 Å². The second kappa shape index (κ2) is 22.5. The average Bonchev–Trinajstić information content (AvgIpc) is 4.33. The van der Waals surface area contributed by atoms with Gasteiger partial charge in [-0.3, -0.25) is 0 Å². The summed E-state index contributed by atoms with van der Waals surface area (Å²) >= 11 is 3.65. The average molecular weight is 1130 g/mol. The van der Waals surface area contributed by atoms with Crippen molar-refractivity contribution in [3.63, 3.8) is 0 Å². The molecule has 83 heavy (non-hydrogen) atoms. The van der Waals surface area contributed by atoms with Gasteiger partial charge in [0.05, 0.1) is 16.7 Å². The largest absolute Gasteiger partial charge is 0.309 e. The number of hydrogen-bond donors (Lipinski definition) is 0. The Labute approximate surface area is 489 Å². The van der Waals surface area contributed by atoms with Crippen molar-refractivity contribution in [2.75, 3.05) is 0 Å². The number of hydrogen-bond acceptors (Lipinski definition) is 6. The van der Waals surface area contributed by atoms with Crippen LogP contribution in [-0.4, -0.2) is 34.5 Å². The summed E-state index contributed by atoms with van der Waals surface area (Å²) in [7, 11) is 0. The number of nitrogens with zero attached hydrogens (tertiary/aromatic N) is 7. The van der Waals surface area contributed by atoms with Gasteiger partial charge in [0.15, 0.2) is 34.9 Å². The van der Waals surface area contributed by atoms with Crippen LogP contribution in [0.3, 0.4) is 0 Å². The zero-order chi connectivity index (χ0) is 55.5. The van der Waals surface area contributed by atoms with E-state index in [1.54, 1.807) is 0 Å². The van der Waals surface area contributed by atoms with Gasteiger partial charge in [-0.1, -0.05) is 271 Å². The lowest BCUT2D eigenvalue weighted by Gasteiger charge is -2.15. The Bertz CT molecular complexity index is 4620. The monoisotopic (exact) mass is 1130 g/mol. The van der Waals surface area contributed by atoms with Gasteiger partial charge < -0.3 is 4.57 Å². The molecule has 1 aliphatic rings. The molecule has 0 unspecified atom stereocenters. The van der Waals surface area contributed by atoms with Crippen LogP contribution in [0.2, 0.25) is 0 Å². The lowest BCUT2D eigenvalue weighted by Crippen LogP contribution is -2.01. The third-order valence-electron chi connectivity index (χ3n) is 15.2. The summed E-state index contributed by atoms with van der Waals surface area (Å²) in [6.07, 6.45) is 1.10. The normalized spacial score (nSPS) is 11.4. The molecule has 3 heterocycles. The van der Waals surface area contributed by atoms with Crippen molar-refractivity contribution in [1.82, 2.24) is 34.5 Å². The summed E-state index contributed by atoms with van der Waals surface area (Å²) in [6.45, 7) is 0. The second-order valence-corrected chi connectivity index (χ2v) is 21.1. The van der Waals surface area contributed by atoms with Crippen LogP contribution in [0, 0.1) is 0 Å². The summed E-state index contributed by atoms with van der Waals surface area (Å²) in [5.74, 6) is 3.97. The fraction of sp³-hybridized carbons (Fsp3) is 0.0133. The summed E-state index contributed by atoms with van der Waals surface area (Å²) in [6, 6.07) is 100. The Hall–Kier alpha value is -10.5. The highest BCUT2D eigenvalue weighted by molar-refractivity contribution is 9.10. The molecular formula is C75H50BrN7. The maximum atomic E-state index is 5.01. The van der Waals surface area contributed by atoms with E-state index in [4.69, 9.17) is 29.9 Å². The SMILES string of the molecule is Brc1ccc(-c2nc(-c3ccccc3)nc(-c3ccccc3)n2)c2ccccc12.c1ccc(-c2nc(-c3ccccc3)nc(-c3ccc(-n4c5ccccc5c5ccccc54)c4ccccc34)n2)cc1.c1ccc2c(c1)Cc1ccccc1-2. The zero-order valence-electron chi connectivity index (χ0n) is 44.9. The van der Waals surface area contributed by atoms with Gasteiger partial charge in [0, 0.05) is 54.0 Å². The quantitative estimate of drug-likeness (QED) is 0.158. The Morgan fingerprint density at radius 2 is 0.554 bits per heavy atom. The maximum Gasteiger partial charge on any atom is 0.164 e. The predicted molar refractivity (Wildman–Crippen MR) is 344 cm³/mol. The molecule has 0 spiro atoms. The van der Waals surface area contributed by atoms with E-state index < -0.39 is 0 Å². The Balaban J connectivity index is 0.000000126. The second-order valence-electron chi connectivity index (χ2n) is 20.3. The lowest BCUT2D eigenvalue weighted by atomic mass is 10.0. The molecule has 7 nitrogen and oxygen atoms in total. The van der Waals surface area contributed by atoms with E-state index in [0.29, 0.717) is 34.9 Å². The first-order chi connectivity index (χ1) is 41.1. The molecule has 0 fully saturated rings. The molecule has 392 valence electrons. The van der Waals surface area contributed by atoms with Gasteiger partial charge in [-0.15, -0.1) is 0 Å². The van der Waals surface area contributed by atoms with Crippen LogP contribution < -0.4 is 0 Å². The molecule has 0 bridgehead atoms. The molecule has 15 aromatic rings. The number of aromatic nitrogens is 7. The van der Waals surface area contributed by atoms with Gasteiger partial charge >= 0.3 is 0 Å². The van der Waals surface area contributed by atoms with E-state index in [0.717, 1.165) is 71.5 Å². The minimum absolute atomic E-state index is 0.655. The number of para-hydroxylation sites is 2. The highest BCUT2D eigenvalue weighted by Crippen LogP contribution is 2.40. The first kappa shape index (κ1) is 50.7. The van der Waals surface area contributed by atoms with Crippen molar-refractivity contribution in [3.05, 3.63) is 307 Å². The van der Waals surface area contributed by atoms with Crippen molar-refractivity contribution in [2.45, 2.75) is 6.42 Å². The van der Waals surface area contributed by atoms with Gasteiger partial charge in [-0.2, -0.15) is 0 Å². The molecule has 16 rings (SSSR count). The third-order valence-corrected chi connectivity index (χ3v) is 15.9. The van der Waals surface area contributed by atoms with E-state index in [1.165, 1.54) is 44.1 Å². The topological polar surface area (TPSA) is 82.3 Å². The third kappa shape index (κ3) is 10.0. The van der Waals surface area contributed by atoms with Gasteiger partial charge in [0.1, 0.15) is 0 Å². The minimum atomic E-state index is 0.655. The number of halogens is 1. The fourth-order valence-corrected chi connectivity index (χ4v) is 11.7. The molecule has 0 saturated heterocycles. The molecule has 8 heteroatoms. The fourth-order valence-electron chi connectivity index (χ4n) is 11.3. The van der Waals surface area contributed by atoms with Crippen LogP contribution in [0.25, 0.3) is 128 Å². The summed E-state index contributed by atoms with van der Waals surface area (Å²) in [4.78, 5) is 29.4. The van der Waals surface area contributed by atoms with Crippen LogP contribution in [0.4, 0.5) is 0 Å². The lowest BCUT2D eigenvalue weighted by molar-refractivity contribution is 1.08. The first-order valence-electron chi connectivity index (χ1n) is 27.7. The van der Waals surface area contributed by atoms with Crippen LogP contribution in [-0.2, 0) is 6.42 Å². The van der Waals surface area contributed by atoms with Gasteiger partial charge in [-0.05, 0) is 81.2 Å². The Morgan fingerprint density at radius 1 is 0.241 bits per heavy atom. The van der Waals surface area contributed by atoms with E-state index in [1.807, 2.05) is 140 Å². The molecule has 0 amide bonds. The number of fused-ring (bicyclic) bond motifs is 8. The Morgan fingerprint density at radius 3 is 0.988 bits per heavy atom. The van der Waals surface area contributed by atoms with Crippen molar-refractivity contribution >= 4 is 59.3 Å². The minimum Gasteiger partial charge on any atom is -0.309 e. The van der Waals surface area contributed by atoms with E-state index in [-0.39, 0.29) is 0 Å². The van der Waals surface area contributed by atoms with Crippen molar-refractivity contribution in [2.24, 2.45) is 0 Å². The highest BCUT2D eigenvalue weighted by atomic mass is 79.9. The maximum absolute atomic E-state index is 5.01. The highest BCUT2D eigenvalue weighted by Gasteiger charge is 2.20. The van der Waals surface area contributed by atoms with Crippen molar-refractivity contribution < 1.29 is 0 Å². The predicted octanol–water partition coefficient (Wildman–Crippen LogP) is 19.2. The van der Waals surface area contributed by atoms with Crippen LogP contribution in [0.1, 0.15) is 11.1 Å². The van der Waals surface area contributed by atoms with Crippen molar-refractivity contribution in [3.8, 4) is 85.1 Å². The molecule has 1 aliphatic carbocycles. The molecule has 0 radical (unpaired) electrons. The molecule has 12 aromatic carbocycles. The number of rotatable bonds is 7. The number of benzene rings is 12. The molecule has 0 saturated carbocycles. The molecule has 3 aromatic heterocycles.